The van der Waals surface area contributed by atoms with Gasteiger partial charge in [-0.3, -0.25) is 4.79 Å². The van der Waals surface area contributed by atoms with E-state index in [1.807, 2.05) is 18.2 Å². The average molecular weight is 311 g/mol. The van der Waals surface area contributed by atoms with Gasteiger partial charge < -0.3 is 14.8 Å². The molecule has 3 rings (SSSR count). The third kappa shape index (κ3) is 3.31. The predicted octanol–water partition coefficient (Wildman–Crippen LogP) is 4.22. The van der Waals surface area contributed by atoms with Crippen molar-refractivity contribution in [2.75, 3.05) is 18.5 Å². The number of hydrogen-bond donors (Lipinski definition) is 1. The smallest absolute Gasteiger partial charge is 0.255 e. The summed E-state index contributed by atoms with van der Waals surface area (Å²) in [5.41, 5.74) is 2.58. The molecule has 1 N–H and O–H groups in total. The van der Waals surface area contributed by atoms with Crippen molar-refractivity contribution in [1.82, 2.24) is 0 Å². The van der Waals surface area contributed by atoms with E-state index in [1.54, 1.807) is 18.2 Å². The van der Waals surface area contributed by atoms with Gasteiger partial charge in [0.05, 0.1) is 0 Å². The van der Waals surface area contributed by atoms with Gasteiger partial charge in [0, 0.05) is 11.3 Å². The van der Waals surface area contributed by atoms with Gasteiger partial charge in [-0.05, 0) is 42.2 Å². The zero-order chi connectivity index (χ0) is 16.2. The average Bonchev–Trinajstić information content (AvgIpc) is 2.61. The monoisotopic (exact) mass is 311 g/mol. The minimum Gasteiger partial charge on any atom is -0.486 e. The minimum atomic E-state index is -0.141. The lowest BCUT2D eigenvalue weighted by atomic mass is 9.97. The maximum atomic E-state index is 12.6. The molecule has 2 aromatic carbocycles. The summed E-state index contributed by atoms with van der Waals surface area (Å²) >= 11 is 0. The first-order chi connectivity index (χ1) is 11.2. The highest BCUT2D eigenvalue weighted by molar-refractivity contribution is 6.05. The van der Waals surface area contributed by atoms with Crippen molar-refractivity contribution >= 4 is 11.6 Å². The Kier molecular flexibility index (Phi) is 4.51. The lowest BCUT2D eigenvalue weighted by molar-refractivity contribution is 0.102. The van der Waals surface area contributed by atoms with Crippen LogP contribution >= 0.6 is 0 Å². The molecule has 1 aliphatic heterocycles. The van der Waals surface area contributed by atoms with Crippen molar-refractivity contribution in [2.45, 2.75) is 26.2 Å². The highest BCUT2D eigenvalue weighted by Crippen LogP contribution is 2.31. The number of ether oxygens (including phenoxy) is 2. The summed E-state index contributed by atoms with van der Waals surface area (Å²) in [6.07, 6.45) is 1.02. The van der Waals surface area contributed by atoms with Crippen molar-refractivity contribution in [3.8, 4) is 11.5 Å². The standard InChI is InChI=1S/C19H21NO3/c1-3-13(2)15-6-4-5-7-16(15)20-19(21)14-8-9-17-18(12-14)23-11-10-22-17/h4-9,12-13H,3,10-11H2,1-2H3,(H,20,21)/t13-/m0/s1. The summed E-state index contributed by atoms with van der Waals surface area (Å²) in [4.78, 5) is 12.6. The molecule has 1 atom stereocenters. The molecule has 2 aromatic rings. The first-order valence-corrected chi connectivity index (χ1v) is 7.99. The topological polar surface area (TPSA) is 47.6 Å². The van der Waals surface area contributed by atoms with Crippen LogP contribution in [0.15, 0.2) is 42.5 Å². The molecule has 4 heteroatoms. The van der Waals surface area contributed by atoms with Crippen molar-refractivity contribution in [3.05, 3.63) is 53.6 Å². The second-order valence-electron chi connectivity index (χ2n) is 5.71. The molecule has 0 aliphatic carbocycles. The van der Waals surface area contributed by atoms with E-state index in [1.165, 1.54) is 0 Å². The van der Waals surface area contributed by atoms with Gasteiger partial charge >= 0.3 is 0 Å². The molecule has 0 aromatic heterocycles. The molecule has 0 saturated heterocycles. The Morgan fingerprint density at radius 3 is 2.65 bits per heavy atom. The van der Waals surface area contributed by atoms with E-state index in [2.05, 4.69) is 25.2 Å². The van der Waals surface area contributed by atoms with Gasteiger partial charge in [0.2, 0.25) is 0 Å². The summed E-state index contributed by atoms with van der Waals surface area (Å²) in [6.45, 7) is 5.36. The van der Waals surface area contributed by atoms with Crippen molar-refractivity contribution < 1.29 is 14.3 Å². The lowest BCUT2D eigenvalue weighted by Gasteiger charge is -2.19. The number of benzene rings is 2. The largest absolute Gasteiger partial charge is 0.486 e. The van der Waals surface area contributed by atoms with Crippen LogP contribution in [0.4, 0.5) is 5.69 Å². The van der Waals surface area contributed by atoms with E-state index in [4.69, 9.17) is 9.47 Å². The van der Waals surface area contributed by atoms with Gasteiger partial charge in [-0.2, -0.15) is 0 Å². The summed E-state index contributed by atoms with van der Waals surface area (Å²) in [5, 5.41) is 3.01. The van der Waals surface area contributed by atoms with E-state index in [9.17, 15) is 4.79 Å². The molecule has 4 nitrogen and oxygen atoms in total. The van der Waals surface area contributed by atoms with E-state index >= 15 is 0 Å². The number of anilines is 1. The molecular weight excluding hydrogens is 290 g/mol. The number of para-hydroxylation sites is 1. The van der Waals surface area contributed by atoms with E-state index < -0.39 is 0 Å². The normalized spacial score (nSPS) is 14.2. The molecule has 0 bridgehead atoms. The molecule has 1 aliphatic rings. The minimum absolute atomic E-state index is 0.141. The third-order valence-corrected chi connectivity index (χ3v) is 4.16. The zero-order valence-electron chi connectivity index (χ0n) is 13.5. The SMILES string of the molecule is CC[C@H](C)c1ccccc1NC(=O)c1ccc2c(c1)OCCO2. The Labute approximate surface area is 136 Å². The molecule has 23 heavy (non-hydrogen) atoms. The quantitative estimate of drug-likeness (QED) is 0.919. The van der Waals surface area contributed by atoms with Crippen LogP contribution in [0.2, 0.25) is 0 Å². The molecule has 0 unspecified atom stereocenters. The maximum absolute atomic E-state index is 12.6. The van der Waals surface area contributed by atoms with Crippen LogP contribution in [0.5, 0.6) is 11.5 Å². The van der Waals surface area contributed by atoms with E-state index in [0.717, 1.165) is 17.7 Å². The number of fused-ring (bicyclic) bond motifs is 1. The van der Waals surface area contributed by atoms with Crippen LogP contribution in [0.3, 0.4) is 0 Å². The Hall–Kier alpha value is -2.49. The molecule has 0 spiro atoms. The van der Waals surface area contributed by atoms with Crippen LogP contribution in [-0.2, 0) is 0 Å². The fourth-order valence-corrected chi connectivity index (χ4v) is 2.64. The van der Waals surface area contributed by atoms with Gasteiger partial charge in [0.15, 0.2) is 11.5 Å². The number of rotatable bonds is 4. The second-order valence-corrected chi connectivity index (χ2v) is 5.71. The van der Waals surface area contributed by atoms with Gasteiger partial charge in [0.1, 0.15) is 13.2 Å². The van der Waals surface area contributed by atoms with Gasteiger partial charge in [-0.15, -0.1) is 0 Å². The summed E-state index contributed by atoms with van der Waals surface area (Å²) in [7, 11) is 0. The number of carbonyl (C=O) groups excluding carboxylic acids is 1. The maximum Gasteiger partial charge on any atom is 0.255 e. The molecule has 1 amide bonds. The zero-order valence-corrected chi connectivity index (χ0v) is 13.5. The van der Waals surface area contributed by atoms with Crippen molar-refractivity contribution in [2.24, 2.45) is 0 Å². The highest BCUT2D eigenvalue weighted by Gasteiger charge is 2.16. The van der Waals surface area contributed by atoms with Gasteiger partial charge in [-0.25, -0.2) is 0 Å². The molecule has 0 radical (unpaired) electrons. The van der Waals surface area contributed by atoms with Crippen LogP contribution < -0.4 is 14.8 Å². The summed E-state index contributed by atoms with van der Waals surface area (Å²) < 4.78 is 11.0. The lowest BCUT2D eigenvalue weighted by Crippen LogP contribution is -2.17. The van der Waals surface area contributed by atoms with E-state index in [-0.39, 0.29) is 5.91 Å². The highest BCUT2D eigenvalue weighted by atomic mass is 16.6. The van der Waals surface area contributed by atoms with Gasteiger partial charge in [-0.1, -0.05) is 32.0 Å². The molecule has 0 fully saturated rings. The third-order valence-electron chi connectivity index (χ3n) is 4.16. The van der Waals surface area contributed by atoms with E-state index in [0.29, 0.717) is 36.2 Å². The predicted molar refractivity (Wildman–Crippen MR) is 90.5 cm³/mol. The molecule has 0 saturated carbocycles. The van der Waals surface area contributed by atoms with Crippen molar-refractivity contribution in [3.63, 3.8) is 0 Å². The second kappa shape index (κ2) is 6.73. The van der Waals surface area contributed by atoms with Gasteiger partial charge in [0.25, 0.3) is 5.91 Å². The first-order valence-electron chi connectivity index (χ1n) is 7.99. The summed E-state index contributed by atoms with van der Waals surface area (Å²) in [6, 6.07) is 13.2. The van der Waals surface area contributed by atoms with Crippen LogP contribution in [0.25, 0.3) is 0 Å². The number of amides is 1. The first kappa shape index (κ1) is 15.4. The number of carbonyl (C=O) groups is 1. The Bertz CT molecular complexity index is 712. The number of nitrogens with one attached hydrogen (secondary N) is 1. The van der Waals surface area contributed by atoms with Crippen LogP contribution in [0.1, 0.15) is 42.1 Å². The molecular formula is C19H21NO3. The van der Waals surface area contributed by atoms with Crippen LogP contribution in [0, 0.1) is 0 Å². The fourth-order valence-electron chi connectivity index (χ4n) is 2.64. The molecule has 1 heterocycles. The Morgan fingerprint density at radius 2 is 1.87 bits per heavy atom. The van der Waals surface area contributed by atoms with Crippen molar-refractivity contribution in [1.29, 1.82) is 0 Å². The molecule has 120 valence electrons. The Morgan fingerprint density at radius 1 is 1.13 bits per heavy atom. The Balaban J connectivity index is 1.82. The fraction of sp³-hybridized carbons (Fsp3) is 0.316. The number of hydrogen-bond acceptors (Lipinski definition) is 3. The summed E-state index contributed by atoms with van der Waals surface area (Å²) in [5.74, 6) is 1.57. The van der Waals surface area contributed by atoms with Crippen LogP contribution in [-0.4, -0.2) is 19.1 Å².